The first-order chi connectivity index (χ1) is 21.0. The van der Waals surface area contributed by atoms with E-state index in [1.165, 1.54) is 27.4 Å². The minimum Gasteiger partial charge on any atom is -0.493 e. The summed E-state index contributed by atoms with van der Waals surface area (Å²) in [7, 11) is 6.11. The molecule has 0 aliphatic heterocycles. The van der Waals surface area contributed by atoms with Crippen molar-refractivity contribution in [1.82, 2.24) is 4.98 Å². The predicted octanol–water partition coefficient (Wildman–Crippen LogP) is 7.35. The molecule has 0 radical (unpaired) electrons. The minimum absolute atomic E-state index is 0.222. The topological polar surface area (TPSA) is 85.3 Å². The molecular weight excluding hydrogens is 566 g/mol. The molecule has 1 heterocycles. The molecule has 0 fully saturated rings. The molecule has 43 heavy (non-hydrogen) atoms. The molecule has 9 heteroatoms. The third-order valence-electron chi connectivity index (χ3n) is 6.57. The van der Waals surface area contributed by atoms with Gasteiger partial charge in [0.05, 0.1) is 38.7 Å². The highest BCUT2D eigenvalue weighted by Crippen LogP contribution is 2.38. The summed E-state index contributed by atoms with van der Waals surface area (Å²) >= 11 is 1.67. The van der Waals surface area contributed by atoms with Crippen LogP contribution in [-0.4, -0.2) is 52.4 Å². The third kappa shape index (κ3) is 6.90. The van der Waals surface area contributed by atoms with Gasteiger partial charge in [-0.1, -0.05) is 24.3 Å². The van der Waals surface area contributed by atoms with E-state index in [9.17, 15) is 4.79 Å². The predicted molar refractivity (Wildman–Crippen MR) is 169 cm³/mol. The second-order valence-corrected chi connectivity index (χ2v) is 10.3. The Morgan fingerprint density at radius 1 is 0.744 bits per heavy atom. The first-order valence-electron chi connectivity index (χ1n) is 13.4. The standard InChI is InChI=1S/C34H31NO7S/c1-37-28-16-10-22(9-15-27(36)24-20-30(38-2)33(40-4)31(21-24)39-3)19-29(28)42-18-17-41-25-13-11-23(12-14-25)34-35-26-7-5-6-8-32(26)43-34/h5-16,19-21H,17-18H2,1-4H3. The summed E-state index contributed by atoms with van der Waals surface area (Å²) in [5.74, 6) is 2.87. The number of nitrogens with zero attached hydrogens (tertiary/aromatic N) is 1. The smallest absolute Gasteiger partial charge is 0.203 e. The van der Waals surface area contributed by atoms with Crippen LogP contribution in [0.25, 0.3) is 26.9 Å². The van der Waals surface area contributed by atoms with Crippen molar-refractivity contribution in [2.24, 2.45) is 0 Å². The highest BCUT2D eigenvalue weighted by molar-refractivity contribution is 7.21. The molecule has 0 saturated carbocycles. The molecule has 5 aromatic rings. The number of hydrogen-bond donors (Lipinski definition) is 0. The van der Waals surface area contributed by atoms with Gasteiger partial charge in [-0.3, -0.25) is 4.79 Å². The monoisotopic (exact) mass is 597 g/mol. The Labute approximate surface area is 254 Å². The zero-order chi connectivity index (χ0) is 30.2. The van der Waals surface area contributed by atoms with Crippen LogP contribution in [0.5, 0.6) is 34.5 Å². The van der Waals surface area contributed by atoms with Crippen molar-refractivity contribution in [3.8, 4) is 45.1 Å². The number of rotatable bonds is 13. The Bertz CT molecular complexity index is 1690. The van der Waals surface area contributed by atoms with Crippen LogP contribution in [0.3, 0.4) is 0 Å². The average Bonchev–Trinajstić information content (AvgIpc) is 3.49. The largest absolute Gasteiger partial charge is 0.493 e. The third-order valence-corrected chi connectivity index (χ3v) is 7.65. The van der Waals surface area contributed by atoms with Crippen molar-refractivity contribution < 1.29 is 33.2 Å². The maximum atomic E-state index is 12.9. The molecule has 0 unspecified atom stereocenters. The summed E-state index contributed by atoms with van der Waals surface area (Å²) in [5, 5.41) is 0.974. The number of hydrogen-bond acceptors (Lipinski definition) is 9. The lowest BCUT2D eigenvalue weighted by Gasteiger charge is -2.13. The molecule has 0 aliphatic carbocycles. The molecule has 0 atom stereocenters. The molecule has 0 amide bonds. The number of para-hydroxylation sites is 1. The molecule has 1 aromatic heterocycles. The lowest BCUT2D eigenvalue weighted by atomic mass is 10.1. The summed E-state index contributed by atoms with van der Waals surface area (Å²) in [6.07, 6.45) is 3.19. The molecule has 0 saturated heterocycles. The van der Waals surface area contributed by atoms with E-state index in [1.807, 2.05) is 54.6 Å². The van der Waals surface area contributed by atoms with E-state index in [1.54, 1.807) is 42.7 Å². The number of carbonyl (C=O) groups excluding carboxylic acids is 1. The summed E-state index contributed by atoms with van der Waals surface area (Å²) in [5.41, 5.74) is 3.22. The van der Waals surface area contributed by atoms with E-state index in [4.69, 9.17) is 33.4 Å². The lowest BCUT2D eigenvalue weighted by Crippen LogP contribution is -2.09. The van der Waals surface area contributed by atoms with Crippen LogP contribution in [-0.2, 0) is 0 Å². The molecule has 8 nitrogen and oxygen atoms in total. The molecule has 0 spiro atoms. The van der Waals surface area contributed by atoms with E-state index in [0.717, 1.165) is 32.1 Å². The van der Waals surface area contributed by atoms with E-state index in [2.05, 4.69) is 6.07 Å². The van der Waals surface area contributed by atoms with Gasteiger partial charge in [0.2, 0.25) is 5.75 Å². The molecule has 0 N–H and O–H groups in total. The van der Waals surface area contributed by atoms with E-state index >= 15 is 0 Å². The van der Waals surface area contributed by atoms with Crippen LogP contribution >= 0.6 is 11.3 Å². The van der Waals surface area contributed by atoms with Gasteiger partial charge in [0, 0.05) is 11.1 Å². The Kier molecular flexibility index (Phi) is 9.43. The number of aromatic nitrogens is 1. The van der Waals surface area contributed by atoms with Crippen LogP contribution in [0.2, 0.25) is 0 Å². The van der Waals surface area contributed by atoms with Gasteiger partial charge in [0.1, 0.15) is 24.0 Å². The van der Waals surface area contributed by atoms with Crippen molar-refractivity contribution in [2.75, 3.05) is 41.7 Å². The zero-order valence-corrected chi connectivity index (χ0v) is 25.1. The van der Waals surface area contributed by atoms with E-state index in [-0.39, 0.29) is 5.78 Å². The maximum absolute atomic E-state index is 12.9. The summed E-state index contributed by atoms with van der Waals surface area (Å²) in [4.78, 5) is 17.6. The molecular formula is C34H31NO7S. The van der Waals surface area contributed by atoms with Crippen LogP contribution in [0.15, 0.2) is 84.9 Å². The van der Waals surface area contributed by atoms with Crippen LogP contribution in [0, 0.1) is 0 Å². The van der Waals surface area contributed by atoms with Crippen molar-refractivity contribution in [2.45, 2.75) is 0 Å². The fourth-order valence-electron chi connectivity index (χ4n) is 4.40. The fraction of sp³-hybridized carbons (Fsp3) is 0.176. The molecule has 4 aromatic carbocycles. The molecule has 220 valence electrons. The van der Waals surface area contributed by atoms with Crippen molar-refractivity contribution >= 4 is 33.4 Å². The molecule has 5 rings (SSSR count). The Morgan fingerprint density at radius 2 is 1.44 bits per heavy atom. The van der Waals surface area contributed by atoms with Gasteiger partial charge in [-0.2, -0.15) is 0 Å². The van der Waals surface area contributed by atoms with Crippen molar-refractivity contribution in [3.05, 3.63) is 96.1 Å². The Morgan fingerprint density at radius 3 is 2.12 bits per heavy atom. The highest BCUT2D eigenvalue weighted by atomic mass is 32.1. The number of carbonyl (C=O) groups is 1. The summed E-state index contributed by atoms with van der Waals surface area (Å²) < 4.78 is 34.5. The second-order valence-electron chi connectivity index (χ2n) is 9.23. The van der Waals surface area contributed by atoms with Gasteiger partial charge < -0.3 is 28.4 Å². The normalized spacial score (nSPS) is 11.0. The van der Waals surface area contributed by atoms with Gasteiger partial charge >= 0.3 is 0 Å². The number of ketones is 1. The van der Waals surface area contributed by atoms with Crippen LogP contribution in [0.1, 0.15) is 15.9 Å². The number of methoxy groups -OCH3 is 4. The first-order valence-corrected chi connectivity index (χ1v) is 14.3. The minimum atomic E-state index is -0.222. The number of fused-ring (bicyclic) bond motifs is 1. The maximum Gasteiger partial charge on any atom is 0.203 e. The van der Waals surface area contributed by atoms with Gasteiger partial charge in [0.15, 0.2) is 28.8 Å². The molecule has 0 aliphatic rings. The number of allylic oxidation sites excluding steroid dienone is 1. The van der Waals surface area contributed by atoms with E-state index in [0.29, 0.717) is 47.5 Å². The Balaban J connectivity index is 1.19. The first kappa shape index (κ1) is 29.5. The number of benzene rings is 4. The van der Waals surface area contributed by atoms with Crippen LogP contribution < -0.4 is 28.4 Å². The van der Waals surface area contributed by atoms with Gasteiger partial charge in [-0.05, 0) is 72.3 Å². The fourth-order valence-corrected chi connectivity index (χ4v) is 5.37. The zero-order valence-electron chi connectivity index (χ0n) is 24.3. The number of ether oxygens (including phenoxy) is 6. The van der Waals surface area contributed by atoms with Gasteiger partial charge in [-0.15, -0.1) is 11.3 Å². The number of thiazole rings is 1. The summed E-state index contributed by atoms with van der Waals surface area (Å²) in [6, 6.07) is 24.7. The van der Waals surface area contributed by atoms with Gasteiger partial charge in [0.25, 0.3) is 0 Å². The van der Waals surface area contributed by atoms with Crippen molar-refractivity contribution in [3.63, 3.8) is 0 Å². The Hall–Kier alpha value is -5.02. The molecule has 0 bridgehead atoms. The quantitative estimate of drug-likeness (QED) is 0.0791. The SMILES string of the molecule is COc1ccc(C=CC(=O)c2cc(OC)c(OC)c(OC)c2)cc1OCCOc1ccc(-c2nc3ccccc3s2)cc1. The van der Waals surface area contributed by atoms with E-state index < -0.39 is 0 Å². The highest BCUT2D eigenvalue weighted by Gasteiger charge is 2.16. The van der Waals surface area contributed by atoms with Gasteiger partial charge in [-0.25, -0.2) is 4.98 Å². The summed E-state index contributed by atoms with van der Waals surface area (Å²) in [6.45, 7) is 0.636. The van der Waals surface area contributed by atoms with Crippen molar-refractivity contribution in [1.29, 1.82) is 0 Å². The lowest BCUT2D eigenvalue weighted by molar-refractivity contribution is 0.104. The second kappa shape index (κ2) is 13.8. The van der Waals surface area contributed by atoms with Crippen LogP contribution in [0.4, 0.5) is 0 Å². The average molecular weight is 598 g/mol.